The number of aryl methyl sites for hydroxylation is 1. The maximum atomic E-state index is 12.6. The van der Waals surface area contributed by atoms with Gasteiger partial charge < -0.3 is 9.39 Å². The molecule has 3 aromatic rings. The first-order valence-corrected chi connectivity index (χ1v) is 20.2. The monoisotopic (exact) mass is 755 g/mol. The number of carbonyl (C=O) groups excluding carboxylic acids is 3. The lowest BCUT2D eigenvalue weighted by Gasteiger charge is -2.24. The Morgan fingerprint density at radius 1 is 1.00 bits per heavy atom. The molecule has 1 aliphatic heterocycles. The molecule has 15 heteroatoms. The Kier molecular flexibility index (Phi) is 11.2. The fraction of sp³-hybridized carbons (Fsp3) is 0.389. The number of fused-ring (bicyclic) bond motifs is 2. The molecular formula is C36H41N3O9S3. The number of rotatable bonds is 13. The van der Waals surface area contributed by atoms with Crippen LogP contribution in [0.2, 0.25) is 0 Å². The van der Waals surface area contributed by atoms with Gasteiger partial charge >= 0.3 is 5.97 Å². The molecule has 0 radical (unpaired) electrons. The van der Waals surface area contributed by atoms with Crippen molar-refractivity contribution < 1.29 is 45.2 Å². The van der Waals surface area contributed by atoms with Gasteiger partial charge in [0.1, 0.15) is 21.9 Å². The highest BCUT2D eigenvalue weighted by Crippen LogP contribution is 2.52. The number of hydrogen-bond donors (Lipinski definition) is 0. The molecule has 1 atom stereocenters. The van der Waals surface area contributed by atoms with Gasteiger partial charge in [-0.2, -0.15) is 4.57 Å². The number of nitrogens with zero attached hydrogens (tertiary/aromatic N) is 3. The van der Waals surface area contributed by atoms with E-state index in [9.17, 15) is 35.8 Å². The molecule has 2 amide bonds. The van der Waals surface area contributed by atoms with Crippen LogP contribution in [0.4, 0.5) is 0 Å². The highest BCUT2D eigenvalue weighted by molar-refractivity contribution is 7.89. The third-order valence-corrected chi connectivity index (χ3v) is 13.2. The summed E-state index contributed by atoms with van der Waals surface area (Å²) >= 11 is 1.47. The SMILES string of the molecule is CN(C)S(=O)(=O)c1ccc2c(c1)sc(/C=C/C=C/C=C1/C(CCCCCC(=O)ON3C(=O)CCC3=O)c3ccc(S(=O)(=O)[O-])cc3C1(C)C)[n+]2C. The van der Waals surface area contributed by atoms with Crippen molar-refractivity contribution in [1.29, 1.82) is 0 Å². The number of amides is 2. The van der Waals surface area contributed by atoms with E-state index in [0.29, 0.717) is 24.3 Å². The maximum Gasteiger partial charge on any atom is 0.333 e. The summed E-state index contributed by atoms with van der Waals surface area (Å²) in [6, 6.07) is 9.63. The van der Waals surface area contributed by atoms with Gasteiger partial charge in [0.2, 0.25) is 15.5 Å². The standard InChI is InChI=1S/C36H41N3O9S3/c1-36(2)28(13-9-7-10-14-34-38(5)30-19-17-24(23-31(30)49-34)50(43,44)37(3)4)26(27-18-16-25(22-29(27)36)51(45,46)47)12-8-6-11-15-35(42)48-39-32(40)20-21-33(39)41/h7,9-10,13-14,16-19,22-23,26H,6,8,11-12,15,20-21H2,1-5H3/b9-7+,14-10+,28-13-. The summed E-state index contributed by atoms with van der Waals surface area (Å²) in [7, 11) is -3.29. The normalized spacial score (nSPS) is 18.7. The van der Waals surface area contributed by atoms with Gasteiger partial charge in [0.25, 0.3) is 16.8 Å². The van der Waals surface area contributed by atoms with Crippen LogP contribution in [0.15, 0.2) is 76.1 Å². The molecule has 0 saturated carbocycles. The summed E-state index contributed by atoms with van der Waals surface area (Å²) in [5, 5.41) is 1.47. The molecule has 2 aliphatic rings. The molecule has 0 spiro atoms. The van der Waals surface area contributed by atoms with Crippen molar-refractivity contribution in [2.45, 2.75) is 79.9 Å². The molecule has 2 heterocycles. The summed E-state index contributed by atoms with van der Waals surface area (Å²) < 4.78 is 64.9. The Bertz CT molecular complexity index is 2180. The third kappa shape index (κ3) is 8.07. The number of aromatic nitrogens is 1. The van der Waals surface area contributed by atoms with Crippen LogP contribution in [0, 0.1) is 0 Å². The van der Waals surface area contributed by atoms with Crippen LogP contribution in [0.25, 0.3) is 16.3 Å². The molecule has 1 unspecified atom stereocenters. The molecule has 1 saturated heterocycles. The molecule has 5 rings (SSSR count). The van der Waals surface area contributed by atoms with Crippen molar-refractivity contribution in [1.82, 2.24) is 9.37 Å². The van der Waals surface area contributed by atoms with Gasteiger partial charge in [-0.3, -0.25) is 9.59 Å². The third-order valence-electron chi connectivity index (χ3n) is 9.38. The molecule has 12 nitrogen and oxygen atoms in total. The molecule has 272 valence electrons. The molecule has 1 aromatic heterocycles. The Morgan fingerprint density at radius 2 is 1.69 bits per heavy atom. The summed E-state index contributed by atoms with van der Waals surface area (Å²) in [6.07, 6.45) is 12.4. The van der Waals surface area contributed by atoms with Crippen LogP contribution in [0.5, 0.6) is 0 Å². The van der Waals surface area contributed by atoms with E-state index < -0.39 is 43.3 Å². The fourth-order valence-corrected chi connectivity index (χ4v) is 9.16. The van der Waals surface area contributed by atoms with Gasteiger partial charge in [-0.15, -0.1) is 5.06 Å². The summed E-state index contributed by atoms with van der Waals surface area (Å²) in [5.74, 6) is -1.74. The average molecular weight is 756 g/mol. The van der Waals surface area contributed by atoms with E-state index in [1.807, 2.05) is 55.8 Å². The van der Waals surface area contributed by atoms with Crippen LogP contribution in [-0.2, 0) is 51.8 Å². The number of benzene rings is 2. The van der Waals surface area contributed by atoms with E-state index in [1.54, 1.807) is 24.3 Å². The Balaban J connectivity index is 1.31. The van der Waals surface area contributed by atoms with Gasteiger partial charge in [-0.05, 0) is 48.2 Å². The summed E-state index contributed by atoms with van der Waals surface area (Å²) in [6.45, 7) is 4.00. The predicted molar refractivity (Wildman–Crippen MR) is 191 cm³/mol. The number of unbranched alkanes of at least 4 members (excludes halogenated alkanes) is 2. The topological polar surface area (TPSA) is 162 Å². The van der Waals surface area contributed by atoms with Crippen LogP contribution < -0.4 is 4.57 Å². The average Bonchev–Trinajstić information content (AvgIpc) is 3.63. The first-order chi connectivity index (χ1) is 23.9. The van der Waals surface area contributed by atoms with Crippen molar-refractivity contribution in [3.63, 3.8) is 0 Å². The lowest BCUT2D eigenvalue weighted by atomic mass is 9.80. The van der Waals surface area contributed by atoms with Gasteiger partial charge in [-0.1, -0.05) is 74.0 Å². The van der Waals surface area contributed by atoms with Crippen LogP contribution >= 0.6 is 11.3 Å². The van der Waals surface area contributed by atoms with Crippen molar-refractivity contribution >= 4 is 65.6 Å². The maximum absolute atomic E-state index is 12.6. The van der Waals surface area contributed by atoms with E-state index >= 15 is 0 Å². The second-order valence-corrected chi connectivity index (χ2v) is 17.9. The number of hydroxylamine groups is 2. The highest BCUT2D eigenvalue weighted by Gasteiger charge is 2.41. The number of imide groups is 1. The zero-order valence-electron chi connectivity index (χ0n) is 29.1. The minimum absolute atomic E-state index is 0.0354. The minimum Gasteiger partial charge on any atom is -0.744 e. The number of carbonyl (C=O) groups is 3. The van der Waals surface area contributed by atoms with E-state index in [4.69, 9.17) is 4.84 Å². The Morgan fingerprint density at radius 3 is 2.35 bits per heavy atom. The number of allylic oxidation sites excluding steroid dienone is 5. The number of hydrogen-bond acceptors (Lipinski definition) is 10. The molecule has 1 aliphatic carbocycles. The second-order valence-electron chi connectivity index (χ2n) is 13.3. The summed E-state index contributed by atoms with van der Waals surface area (Å²) in [4.78, 5) is 40.6. The van der Waals surface area contributed by atoms with Crippen LogP contribution in [0.1, 0.15) is 80.8 Å². The Hall–Kier alpha value is -4.02. The van der Waals surface area contributed by atoms with E-state index in [1.165, 1.54) is 41.9 Å². The van der Waals surface area contributed by atoms with E-state index in [0.717, 1.165) is 38.3 Å². The highest BCUT2D eigenvalue weighted by atomic mass is 32.2. The first kappa shape index (κ1) is 38.2. The summed E-state index contributed by atoms with van der Waals surface area (Å²) in [5.41, 5.74) is 3.10. The van der Waals surface area contributed by atoms with Crippen molar-refractivity contribution in [2.24, 2.45) is 7.05 Å². The largest absolute Gasteiger partial charge is 0.744 e. The quantitative estimate of drug-likeness (QED) is 0.0768. The molecular weight excluding hydrogens is 715 g/mol. The van der Waals surface area contributed by atoms with Gasteiger partial charge in [-0.25, -0.2) is 25.9 Å². The fourth-order valence-electron chi connectivity index (χ4n) is 6.56. The minimum atomic E-state index is -4.65. The molecule has 1 fully saturated rings. The van der Waals surface area contributed by atoms with E-state index in [2.05, 4.69) is 0 Å². The molecule has 0 N–H and O–H groups in total. The second kappa shape index (κ2) is 14.9. The first-order valence-electron chi connectivity index (χ1n) is 16.5. The number of sulfonamides is 1. The van der Waals surface area contributed by atoms with Crippen molar-refractivity contribution in [3.8, 4) is 0 Å². The molecule has 51 heavy (non-hydrogen) atoms. The zero-order valence-corrected chi connectivity index (χ0v) is 31.6. The van der Waals surface area contributed by atoms with Gasteiger partial charge in [0.05, 0.1) is 9.79 Å². The van der Waals surface area contributed by atoms with Gasteiger partial charge in [0.15, 0.2) is 0 Å². The predicted octanol–water partition coefficient (Wildman–Crippen LogP) is 5.01. The lowest BCUT2D eigenvalue weighted by Crippen LogP contribution is -2.31. The molecule has 0 bridgehead atoms. The van der Waals surface area contributed by atoms with Crippen LogP contribution in [-0.4, -0.2) is 62.6 Å². The molecule has 2 aromatic carbocycles. The van der Waals surface area contributed by atoms with Gasteiger partial charge in [0, 0.05) is 56.8 Å². The smallest absolute Gasteiger partial charge is 0.333 e. The Labute approximate surface area is 302 Å². The lowest BCUT2D eigenvalue weighted by molar-refractivity contribution is -0.642. The van der Waals surface area contributed by atoms with Crippen LogP contribution in [0.3, 0.4) is 0 Å². The zero-order chi connectivity index (χ0) is 37.3. The van der Waals surface area contributed by atoms with Crippen molar-refractivity contribution in [3.05, 3.63) is 82.4 Å². The van der Waals surface area contributed by atoms with Crippen molar-refractivity contribution in [2.75, 3.05) is 14.1 Å². The number of thiazole rings is 1. The van der Waals surface area contributed by atoms with E-state index in [-0.39, 0.29) is 35.0 Å².